The highest BCUT2D eigenvalue weighted by molar-refractivity contribution is 7.89. The Balaban J connectivity index is 2.69. The molecule has 0 unspecified atom stereocenters. The zero-order chi connectivity index (χ0) is 15.3. The van der Waals surface area contributed by atoms with Crippen molar-refractivity contribution in [3.8, 4) is 0 Å². The van der Waals surface area contributed by atoms with E-state index in [9.17, 15) is 8.42 Å². The van der Waals surface area contributed by atoms with Gasteiger partial charge in [-0.1, -0.05) is 0 Å². The summed E-state index contributed by atoms with van der Waals surface area (Å²) in [5.74, 6) is 0. The molecule has 0 saturated carbocycles. The fourth-order valence-electron chi connectivity index (χ4n) is 1.74. The fourth-order valence-corrected chi connectivity index (χ4v) is 4.41. The third kappa shape index (κ3) is 4.82. The number of thiophene rings is 1. The van der Waals surface area contributed by atoms with E-state index >= 15 is 0 Å². The van der Waals surface area contributed by atoms with Crippen molar-refractivity contribution < 1.29 is 8.42 Å². The summed E-state index contributed by atoms with van der Waals surface area (Å²) >= 11 is 1.52. The zero-order valence-corrected chi connectivity index (χ0v) is 14.5. The van der Waals surface area contributed by atoms with Gasteiger partial charge in [-0.15, -0.1) is 11.3 Å². The monoisotopic (exact) mass is 319 g/mol. The number of hydrogen-bond acceptors (Lipinski definition) is 5. The Labute approximate surface area is 126 Å². The minimum Gasteiger partial charge on any atom is -0.315 e. The van der Waals surface area contributed by atoms with Gasteiger partial charge in [-0.05, 0) is 40.9 Å². The second-order valence-corrected chi connectivity index (χ2v) is 8.21. The summed E-state index contributed by atoms with van der Waals surface area (Å²) in [7, 11) is 0.433. The molecule has 0 amide bonds. The molecule has 20 heavy (non-hydrogen) atoms. The van der Waals surface area contributed by atoms with E-state index in [2.05, 4.69) is 28.8 Å². The summed E-state index contributed by atoms with van der Waals surface area (Å²) in [5, 5.41) is 3.04. The summed E-state index contributed by atoms with van der Waals surface area (Å²) in [6.07, 6.45) is 0. The largest absolute Gasteiger partial charge is 0.315 e. The molecular formula is C13H25N3O2S2. The van der Waals surface area contributed by atoms with E-state index in [0.29, 0.717) is 30.6 Å². The van der Waals surface area contributed by atoms with Crippen LogP contribution in [-0.4, -0.2) is 46.5 Å². The molecule has 0 saturated heterocycles. The first kappa shape index (κ1) is 17.6. The van der Waals surface area contributed by atoms with Crippen molar-refractivity contribution in [1.82, 2.24) is 14.9 Å². The van der Waals surface area contributed by atoms with Crippen molar-refractivity contribution in [3.63, 3.8) is 0 Å². The molecule has 0 aromatic carbocycles. The molecule has 1 rings (SSSR count). The Morgan fingerprint density at radius 2 is 2.05 bits per heavy atom. The highest BCUT2D eigenvalue weighted by atomic mass is 32.2. The molecule has 1 heterocycles. The summed E-state index contributed by atoms with van der Waals surface area (Å²) in [4.78, 5) is 4.37. The molecule has 0 fully saturated rings. The molecule has 5 nitrogen and oxygen atoms in total. The molecule has 0 radical (unpaired) electrons. The predicted molar refractivity (Wildman–Crippen MR) is 84.8 cm³/mol. The van der Waals surface area contributed by atoms with Crippen molar-refractivity contribution >= 4 is 21.4 Å². The molecule has 7 heteroatoms. The van der Waals surface area contributed by atoms with Gasteiger partial charge in [0.2, 0.25) is 10.0 Å². The van der Waals surface area contributed by atoms with Crippen LogP contribution in [-0.2, 0) is 16.6 Å². The summed E-state index contributed by atoms with van der Waals surface area (Å²) in [5.41, 5.74) is 0. The van der Waals surface area contributed by atoms with Crippen LogP contribution in [0.4, 0.5) is 0 Å². The Kier molecular flexibility index (Phi) is 6.60. The molecule has 0 aliphatic carbocycles. The van der Waals surface area contributed by atoms with Gasteiger partial charge in [0, 0.05) is 35.4 Å². The molecule has 1 aromatic heterocycles. The van der Waals surface area contributed by atoms with Gasteiger partial charge in [0.15, 0.2) is 0 Å². The third-order valence-electron chi connectivity index (χ3n) is 3.20. The maximum absolute atomic E-state index is 12.3. The third-order valence-corrected chi connectivity index (χ3v) is 5.97. The second-order valence-electron chi connectivity index (χ2n) is 5.14. The van der Waals surface area contributed by atoms with Gasteiger partial charge >= 0.3 is 0 Å². The Bertz CT molecular complexity index is 524. The van der Waals surface area contributed by atoms with Crippen LogP contribution in [0.15, 0.2) is 11.0 Å². The first-order valence-corrected chi connectivity index (χ1v) is 9.01. The zero-order valence-electron chi connectivity index (χ0n) is 12.9. The van der Waals surface area contributed by atoms with Crippen LogP contribution in [0.3, 0.4) is 0 Å². The molecule has 0 bridgehead atoms. The Morgan fingerprint density at radius 3 is 2.60 bits per heavy atom. The first-order chi connectivity index (χ1) is 9.27. The van der Waals surface area contributed by atoms with Crippen molar-refractivity contribution in [3.05, 3.63) is 15.8 Å². The van der Waals surface area contributed by atoms with Crippen LogP contribution in [0.25, 0.3) is 0 Å². The average molecular weight is 319 g/mol. The normalized spacial score (nSPS) is 12.6. The van der Waals surface area contributed by atoms with Gasteiger partial charge in [-0.25, -0.2) is 13.1 Å². The fraction of sp³-hybridized carbons (Fsp3) is 0.692. The quantitative estimate of drug-likeness (QED) is 0.760. The lowest BCUT2D eigenvalue weighted by Gasteiger charge is -2.20. The van der Waals surface area contributed by atoms with E-state index in [4.69, 9.17) is 0 Å². The van der Waals surface area contributed by atoms with Crippen LogP contribution in [0.2, 0.25) is 0 Å². The molecule has 1 aromatic rings. The van der Waals surface area contributed by atoms with E-state index in [1.807, 2.05) is 21.0 Å². The summed E-state index contributed by atoms with van der Waals surface area (Å²) < 4.78 is 27.2. The van der Waals surface area contributed by atoms with Gasteiger partial charge in [-0.2, -0.15) is 0 Å². The number of hydrogen-bond donors (Lipinski definition) is 2. The SMILES string of the molecule is CNCc1cc(S(=O)(=O)NCCN(C)C(C)C)c(C)s1. The molecule has 2 N–H and O–H groups in total. The minimum atomic E-state index is -3.40. The van der Waals surface area contributed by atoms with Crippen LogP contribution in [0, 0.1) is 6.92 Å². The average Bonchev–Trinajstić information content (AvgIpc) is 2.71. The van der Waals surface area contributed by atoms with Gasteiger partial charge in [0.1, 0.15) is 0 Å². The number of aryl methyl sites for hydroxylation is 1. The number of likely N-dealkylation sites (N-methyl/N-ethyl adjacent to an activating group) is 1. The first-order valence-electron chi connectivity index (χ1n) is 6.71. The van der Waals surface area contributed by atoms with Gasteiger partial charge in [0.05, 0.1) is 4.90 Å². The van der Waals surface area contributed by atoms with Crippen molar-refractivity contribution in [2.45, 2.75) is 38.3 Å². The number of sulfonamides is 1. The molecule has 0 spiro atoms. The topological polar surface area (TPSA) is 61.4 Å². The highest BCUT2D eigenvalue weighted by Crippen LogP contribution is 2.25. The number of nitrogens with one attached hydrogen (secondary N) is 2. The lowest BCUT2D eigenvalue weighted by Crippen LogP contribution is -2.36. The summed E-state index contributed by atoms with van der Waals surface area (Å²) in [6.45, 7) is 7.83. The Hall–Kier alpha value is -0.470. The van der Waals surface area contributed by atoms with Crippen molar-refractivity contribution in [2.24, 2.45) is 0 Å². The van der Waals surface area contributed by atoms with Gasteiger partial charge in [0.25, 0.3) is 0 Å². The van der Waals surface area contributed by atoms with Crippen molar-refractivity contribution in [1.29, 1.82) is 0 Å². The lowest BCUT2D eigenvalue weighted by molar-refractivity contribution is 0.278. The standard InChI is InChI=1S/C13H25N3O2S2/c1-10(2)16(5)7-6-15-20(17,18)13-8-12(9-14-4)19-11(13)3/h8,10,14-15H,6-7,9H2,1-5H3. The van der Waals surface area contributed by atoms with Crippen molar-refractivity contribution in [2.75, 3.05) is 27.2 Å². The summed E-state index contributed by atoms with van der Waals surface area (Å²) in [6, 6.07) is 2.16. The van der Waals surface area contributed by atoms with Crippen LogP contribution in [0.5, 0.6) is 0 Å². The van der Waals surface area contributed by atoms with E-state index < -0.39 is 10.0 Å². The minimum absolute atomic E-state index is 0.403. The molecule has 116 valence electrons. The maximum atomic E-state index is 12.3. The molecular weight excluding hydrogens is 294 g/mol. The van der Waals surface area contributed by atoms with E-state index in [-0.39, 0.29) is 0 Å². The number of rotatable bonds is 8. The number of nitrogens with zero attached hydrogens (tertiary/aromatic N) is 1. The predicted octanol–water partition coefficient (Wildman–Crippen LogP) is 1.39. The second kappa shape index (κ2) is 7.51. The highest BCUT2D eigenvalue weighted by Gasteiger charge is 2.19. The molecule has 0 atom stereocenters. The van der Waals surface area contributed by atoms with E-state index in [1.165, 1.54) is 11.3 Å². The van der Waals surface area contributed by atoms with Gasteiger partial charge in [-0.3, -0.25) is 0 Å². The molecule has 0 aliphatic heterocycles. The molecule has 0 aliphatic rings. The van der Waals surface area contributed by atoms with Crippen LogP contribution in [0.1, 0.15) is 23.6 Å². The van der Waals surface area contributed by atoms with Crippen LogP contribution >= 0.6 is 11.3 Å². The smallest absolute Gasteiger partial charge is 0.241 e. The van der Waals surface area contributed by atoms with Crippen LogP contribution < -0.4 is 10.0 Å². The van der Waals surface area contributed by atoms with E-state index in [0.717, 1.165) is 9.75 Å². The lowest BCUT2D eigenvalue weighted by atomic mass is 10.3. The maximum Gasteiger partial charge on any atom is 0.241 e. The van der Waals surface area contributed by atoms with Gasteiger partial charge < -0.3 is 10.2 Å². The van der Waals surface area contributed by atoms with E-state index in [1.54, 1.807) is 6.07 Å². The Morgan fingerprint density at radius 1 is 1.40 bits per heavy atom.